The Morgan fingerprint density at radius 2 is 2.06 bits per heavy atom. The third-order valence-electron chi connectivity index (χ3n) is 1.88. The first kappa shape index (κ1) is 10.2. The molecule has 2 N–H and O–H groups in total. The predicted molar refractivity (Wildman–Crippen MR) is 58.1 cm³/mol. The molecule has 7 heteroatoms. The van der Waals surface area contributed by atoms with Crippen LogP contribution in [0, 0.1) is 0 Å². The lowest BCUT2D eigenvalue weighted by Gasteiger charge is -2.05. The molecule has 0 atom stereocenters. The maximum Gasteiger partial charge on any atom is 0.356 e. The van der Waals surface area contributed by atoms with Crippen molar-refractivity contribution in [2.45, 2.75) is 0 Å². The summed E-state index contributed by atoms with van der Waals surface area (Å²) >= 11 is 0. The summed E-state index contributed by atoms with van der Waals surface area (Å²) in [6.45, 7) is 0. The molecule has 0 fully saturated rings. The smallest absolute Gasteiger partial charge is 0.290 e. The van der Waals surface area contributed by atoms with E-state index in [1.807, 2.05) is 0 Å². The average molecular weight is 218 g/mol. The quantitative estimate of drug-likeness (QED) is 0.680. The number of nitrogens with zero attached hydrogens (tertiary/aromatic N) is 4. The summed E-state index contributed by atoms with van der Waals surface area (Å²) in [6, 6.07) is 3.41. The van der Waals surface area contributed by atoms with Gasteiger partial charge >= 0.3 is 5.69 Å². The molecule has 0 unspecified atom stereocenters. The lowest BCUT2D eigenvalue weighted by Crippen LogP contribution is -2.26. The number of anilines is 1. The number of hydrogen-bond acceptors (Lipinski definition) is 6. The number of hydrogen-bond donors (Lipinski definition) is 2. The molecular formula is C9H10N6O. The van der Waals surface area contributed by atoms with Gasteiger partial charge in [0.2, 0.25) is 5.95 Å². The lowest BCUT2D eigenvalue weighted by molar-refractivity contribution is 0.835. The van der Waals surface area contributed by atoms with Crippen LogP contribution in [-0.2, 0) is 0 Å². The summed E-state index contributed by atoms with van der Waals surface area (Å²) in [5.41, 5.74) is 5.54. The molecule has 0 saturated heterocycles. The van der Waals surface area contributed by atoms with Gasteiger partial charge in [-0.3, -0.25) is 15.0 Å². The maximum absolute atomic E-state index is 11.6. The van der Waals surface area contributed by atoms with Crippen LogP contribution < -0.4 is 16.5 Å². The zero-order valence-corrected chi connectivity index (χ0v) is 8.58. The van der Waals surface area contributed by atoms with Gasteiger partial charge in [-0.05, 0) is 12.1 Å². The minimum atomic E-state index is -0.404. The van der Waals surface area contributed by atoms with Crippen molar-refractivity contribution in [1.29, 1.82) is 0 Å². The van der Waals surface area contributed by atoms with Gasteiger partial charge in [-0.1, -0.05) is 0 Å². The first-order chi connectivity index (χ1) is 7.81. The van der Waals surface area contributed by atoms with Gasteiger partial charge in [0.05, 0.1) is 5.69 Å². The second kappa shape index (κ2) is 4.49. The van der Waals surface area contributed by atoms with E-state index in [-0.39, 0.29) is 5.95 Å². The van der Waals surface area contributed by atoms with Crippen molar-refractivity contribution in [3.05, 3.63) is 41.3 Å². The summed E-state index contributed by atoms with van der Waals surface area (Å²) in [5.74, 6) is 0.234. The van der Waals surface area contributed by atoms with E-state index in [1.165, 1.54) is 10.9 Å². The number of hydrazine groups is 1. The van der Waals surface area contributed by atoms with Crippen molar-refractivity contribution in [2.24, 2.45) is 0 Å². The topological polar surface area (TPSA) is 84.7 Å². The van der Waals surface area contributed by atoms with Crippen molar-refractivity contribution in [1.82, 2.24) is 24.9 Å². The molecule has 0 bridgehead atoms. The van der Waals surface area contributed by atoms with Gasteiger partial charge in [-0.2, -0.15) is 4.98 Å². The second-order valence-electron chi connectivity index (χ2n) is 2.91. The summed E-state index contributed by atoms with van der Waals surface area (Å²) < 4.78 is 1.34. The van der Waals surface area contributed by atoms with E-state index in [1.54, 1.807) is 31.6 Å². The van der Waals surface area contributed by atoms with Crippen molar-refractivity contribution in [2.75, 3.05) is 12.5 Å². The highest BCUT2D eigenvalue weighted by Crippen LogP contribution is 2.00. The molecule has 2 aromatic rings. The van der Waals surface area contributed by atoms with Gasteiger partial charge < -0.3 is 0 Å². The number of nitrogens with one attached hydrogen (secondary N) is 2. The van der Waals surface area contributed by atoms with Crippen molar-refractivity contribution >= 4 is 5.95 Å². The third kappa shape index (κ3) is 2.04. The number of aromatic nitrogens is 4. The van der Waals surface area contributed by atoms with Crippen LogP contribution in [-0.4, -0.2) is 26.6 Å². The largest absolute Gasteiger partial charge is 0.356 e. The highest BCUT2D eigenvalue weighted by molar-refractivity contribution is 5.29. The molecule has 7 nitrogen and oxygen atoms in total. The molecule has 0 aliphatic rings. The fraction of sp³-hybridized carbons (Fsp3) is 0.111. The minimum Gasteiger partial charge on any atom is -0.290 e. The zero-order chi connectivity index (χ0) is 11.4. The molecule has 2 rings (SSSR count). The van der Waals surface area contributed by atoms with Crippen molar-refractivity contribution in [3.63, 3.8) is 0 Å². The molecule has 0 saturated carbocycles. The standard InChI is InChI=1S/C9H10N6O/c1-10-14-8-12-6-15(9(16)13-8)7-2-4-11-5-3-7/h2-6,10H,1H3,(H,13,14,16). The Bertz CT molecular complexity index is 523. The van der Waals surface area contributed by atoms with Gasteiger partial charge in [-0.25, -0.2) is 15.2 Å². The Hall–Kier alpha value is -2.28. The van der Waals surface area contributed by atoms with Gasteiger partial charge in [0, 0.05) is 19.4 Å². The normalized spacial score (nSPS) is 10.1. The van der Waals surface area contributed by atoms with Crippen LogP contribution in [0.3, 0.4) is 0 Å². The molecule has 0 aliphatic heterocycles. The monoisotopic (exact) mass is 218 g/mol. The van der Waals surface area contributed by atoms with Gasteiger partial charge in [-0.15, -0.1) is 0 Å². The molecule has 2 heterocycles. The van der Waals surface area contributed by atoms with E-state index in [2.05, 4.69) is 25.8 Å². The lowest BCUT2D eigenvalue weighted by atomic mass is 10.4. The maximum atomic E-state index is 11.6. The second-order valence-corrected chi connectivity index (χ2v) is 2.91. The Labute approximate surface area is 91.2 Å². The molecular weight excluding hydrogens is 208 g/mol. The summed E-state index contributed by atoms with van der Waals surface area (Å²) in [6.07, 6.45) is 4.60. The Morgan fingerprint density at radius 3 is 2.69 bits per heavy atom. The summed E-state index contributed by atoms with van der Waals surface area (Å²) in [5, 5.41) is 0. The van der Waals surface area contributed by atoms with E-state index in [0.717, 1.165) is 0 Å². The van der Waals surface area contributed by atoms with Crippen LogP contribution in [0.4, 0.5) is 5.95 Å². The predicted octanol–water partition coefficient (Wildman–Crippen LogP) is -0.431. The van der Waals surface area contributed by atoms with E-state index in [0.29, 0.717) is 5.69 Å². The van der Waals surface area contributed by atoms with Crippen LogP contribution in [0.15, 0.2) is 35.6 Å². The SMILES string of the molecule is CNNc1ncn(-c2ccncc2)c(=O)n1. The Balaban J connectivity index is 2.41. The molecule has 0 amide bonds. The fourth-order valence-corrected chi connectivity index (χ4v) is 1.19. The first-order valence-corrected chi connectivity index (χ1v) is 4.60. The van der Waals surface area contributed by atoms with E-state index < -0.39 is 5.69 Å². The zero-order valence-electron chi connectivity index (χ0n) is 8.58. The number of rotatable bonds is 3. The van der Waals surface area contributed by atoms with Crippen molar-refractivity contribution < 1.29 is 0 Å². The molecule has 16 heavy (non-hydrogen) atoms. The third-order valence-corrected chi connectivity index (χ3v) is 1.88. The number of pyridine rings is 1. The molecule has 0 aromatic carbocycles. The first-order valence-electron chi connectivity index (χ1n) is 4.60. The van der Waals surface area contributed by atoms with Crippen LogP contribution in [0.2, 0.25) is 0 Å². The van der Waals surface area contributed by atoms with Crippen molar-refractivity contribution in [3.8, 4) is 5.69 Å². The molecule has 0 radical (unpaired) electrons. The van der Waals surface area contributed by atoms with Gasteiger partial charge in [0.1, 0.15) is 6.33 Å². The average Bonchev–Trinajstić information content (AvgIpc) is 2.31. The van der Waals surface area contributed by atoms with Crippen LogP contribution in [0.5, 0.6) is 0 Å². The molecule has 2 aromatic heterocycles. The highest BCUT2D eigenvalue weighted by Gasteiger charge is 2.02. The van der Waals surface area contributed by atoms with Crippen LogP contribution in [0.25, 0.3) is 5.69 Å². The van der Waals surface area contributed by atoms with Gasteiger partial charge in [0.15, 0.2) is 0 Å². The van der Waals surface area contributed by atoms with Gasteiger partial charge in [0.25, 0.3) is 0 Å². The fourth-order valence-electron chi connectivity index (χ4n) is 1.19. The Kier molecular flexibility index (Phi) is 2.88. The summed E-state index contributed by atoms with van der Waals surface area (Å²) in [4.78, 5) is 23.2. The van der Waals surface area contributed by atoms with E-state index in [4.69, 9.17) is 0 Å². The minimum absolute atomic E-state index is 0.234. The Morgan fingerprint density at radius 1 is 1.31 bits per heavy atom. The highest BCUT2D eigenvalue weighted by atomic mass is 16.1. The van der Waals surface area contributed by atoms with Crippen LogP contribution >= 0.6 is 0 Å². The summed E-state index contributed by atoms with van der Waals surface area (Å²) in [7, 11) is 1.66. The molecule has 0 aliphatic carbocycles. The van der Waals surface area contributed by atoms with Crippen LogP contribution in [0.1, 0.15) is 0 Å². The molecule has 82 valence electrons. The van der Waals surface area contributed by atoms with E-state index in [9.17, 15) is 4.79 Å². The van der Waals surface area contributed by atoms with E-state index >= 15 is 0 Å². The molecule has 0 spiro atoms.